The van der Waals surface area contributed by atoms with E-state index in [1.54, 1.807) is 18.2 Å². The molecule has 0 aliphatic rings. The number of esters is 1. The molecule has 142 valence electrons. The van der Waals surface area contributed by atoms with Crippen molar-refractivity contribution in [1.29, 1.82) is 0 Å². The zero-order valence-corrected chi connectivity index (χ0v) is 15.9. The number of ether oxygens (including phenoxy) is 1. The molecular weight excluding hydrogens is 368 g/mol. The van der Waals surface area contributed by atoms with Gasteiger partial charge in [-0.05, 0) is 42.8 Å². The third-order valence-corrected chi connectivity index (χ3v) is 4.64. The van der Waals surface area contributed by atoms with Gasteiger partial charge in [0.2, 0.25) is 17.6 Å². The molecule has 0 radical (unpaired) electrons. The predicted octanol–water partition coefficient (Wildman–Crippen LogP) is 2.42. The SMILES string of the molecule is CC(=O)NCCc1ccc(C(=O)COC(=O)c2ccc(NC(C)=O)cc2)s1. The van der Waals surface area contributed by atoms with Gasteiger partial charge in [0.1, 0.15) is 0 Å². The molecule has 0 atom stereocenters. The fourth-order valence-corrected chi connectivity index (χ4v) is 3.13. The Labute approximate surface area is 160 Å². The van der Waals surface area contributed by atoms with E-state index in [4.69, 9.17) is 4.74 Å². The summed E-state index contributed by atoms with van der Waals surface area (Å²) in [6.45, 7) is 3.00. The van der Waals surface area contributed by atoms with Crippen LogP contribution < -0.4 is 10.6 Å². The van der Waals surface area contributed by atoms with Crippen molar-refractivity contribution in [3.05, 3.63) is 51.7 Å². The number of hydrogen-bond acceptors (Lipinski definition) is 6. The number of thiophene rings is 1. The summed E-state index contributed by atoms with van der Waals surface area (Å²) in [4.78, 5) is 47.5. The van der Waals surface area contributed by atoms with Crippen LogP contribution in [-0.2, 0) is 20.7 Å². The van der Waals surface area contributed by atoms with Gasteiger partial charge in [0, 0.05) is 31.0 Å². The van der Waals surface area contributed by atoms with Gasteiger partial charge in [0.15, 0.2) is 6.61 Å². The number of rotatable bonds is 8. The number of carbonyl (C=O) groups excluding carboxylic acids is 4. The molecule has 0 bridgehead atoms. The van der Waals surface area contributed by atoms with Gasteiger partial charge >= 0.3 is 5.97 Å². The molecule has 27 heavy (non-hydrogen) atoms. The van der Waals surface area contributed by atoms with Crippen molar-refractivity contribution < 1.29 is 23.9 Å². The first-order chi connectivity index (χ1) is 12.8. The fourth-order valence-electron chi connectivity index (χ4n) is 2.20. The first-order valence-electron chi connectivity index (χ1n) is 8.26. The van der Waals surface area contributed by atoms with E-state index in [0.717, 1.165) is 4.88 Å². The lowest BCUT2D eigenvalue weighted by atomic mass is 10.2. The zero-order valence-electron chi connectivity index (χ0n) is 15.0. The number of Topliss-reactive ketones (excluding diaryl/α,β-unsaturated/α-hetero) is 1. The van der Waals surface area contributed by atoms with Crippen molar-refractivity contribution in [2.24, 2.45) is 0 Å². The Morgan fingerprint density at radius 1 is 0.963 bits per heavy atom. The summed E-state index contributed by atoms with van der Waals surface area (Å²) in [6.07, 6.45) is 0.637. The van der Waals surface area contributed by atoms with Gasteiger partial charge in [-0.2, -0.15) is 0 Å². The molecule has 2 N–H and O–H groups in total. The maximum absolute atomic E-state index is 12.2. The molecule has 0 aliphatic heterocycles. The largest absolute Gasteiger partial charge is 0.454 e. The summed E-state index contributed by atoms with van der Waals surface area (Å²) in [7, 11) is 0. The molecule has 0 saturated heterocycles. The van der Waals surface area contributed by atoms with Crippen LogP contribution in [0.4, 0.5) is 5.69 Å². The third-order valence-electron chi connectivity index (χ3n) is 3.46. The first-order valence-corrected chi connectivity index (χ1v) is 9.08. The average molecular weight is 388 g/mol. The molecular formula is C19H20N2O5S. The quantitative estimate of drug-likeness (QED) is 0.534. The van der Waals surface area contributed by atoms with E-state index in [1.807, 2.05) is 6.07 Å². The number of ketones is 1. The van der Waals surface area contributed by atoms with E-state index in [1.165, 1.54) is 37.3 Å². The molecule has 0 spiro atoms. The van der Waals surface area contributed by atoms with Crippen LogP contribution in [-0.4, -0.2) is 36.7 Å². The molecule has 0 fully saturated rings. The van der Waals surface area contributed by atoms with Crippen LogP contribution in [0, 0.1) is 0 Å². The van der Waals surface area contributed by atoms with Crippen LogP contribution in [0.25, 0.3) is 0 Å². The molecule has 8 heteroatoms. The van der Waals surface area contributed by atoms with Crippen molar-refractivity contribution in [3.8, 4) is 0 Å². The number of hydrogen-bond donors (Lipinski definition) is 2. The smallest absolute Gasteiger partial charge is 0.338 e. The van der Waals surface area contributed by atoms with Crippen LogP contribution >= 0.6 is 11.3 Å². The van der Waals surface area contributed by atoms with E-state index in [2.05, 4.69) is 10.6 Å². The molecule has 1 aromatic carbocycles. The number of benzene rings is 1. The van der Waals surface area contributed by atoms with Gasteiger partial charge < -0.3 is 15.4 Å². The minimum atomic E-state index is -0.611. The lowest BCUT2D eigenvalue weighted by Gasteiger charge is -2.05. The maximum atomic E-state index is 12.2. The monoisotopic (exact) mass is 388 g/mol. The molecule has 2 aromatic rings. The van der Waals surface area contributed by atoms with Gasteiger partial charge in [-0.15, -0.1) is 11.3 Å². The summed E-state index contributed by atoms with van der Waals surface area (Å²) in [5, 5.41) is 5.29. The molecule has 7 nitrogen and oxygen atoms in total. The van der Waals surface area contributed by atoms with Crippen LogP contribution in [0.1, 0.15) is 38.8 Å². The molecule has 2 amide bonds. The van der Waals surface area contributed by atoms with E-state index < -0.39 is 5.97 Å². The minimum absolute atomic E-state index is 0.0973. The second-order valence-corrected chi connectivity index (χ2v) is 6.93. The van der Waals surface area contributed by atoms with Crippen LogP contribution in [0.2, 0.25) is 0 Å². The van der Waals surface area contributed by atoms with Crippen LogP contribution in [0.3, 0.4) is 0 Å². The zero-order chi connectivity index (χ0) is 19.8. The fraction of sp³-hybridized carbons (Fsp3) is 0.263. The van der Waals surface area contributed by atoms with Crippen LogP contribution in [0.15, 0.2) is 36.4 Å². The lowest BCUT2D eigenvalue weighted by Crippen LogP contribution is -2.22. The van der Waals surface area contributed by atoms with E-state index in [-0.39, 0.29) is 24.2 Å². The Hall–Kier alpha value is -3.00. The van der Waals surface area contributed by atoms with Crippen molar-refractivity contribution >= 4 is 40.6 Å². The molecule has 0 saturated carbocycles. The molecule has 0 aliphatic carbocycles. The highest BCUT2D eigenvalue weighted by molar-refractivity contribution is 7.14. The summed E-state index contributed by atoms with van der Waals surface area (Å²) in [6, 6.07) is 9.71. The third kappa shape index (κ3) is 6.67. The summed E-state index contributed by atoms with van der Waals surface area (Å²) in [5.41, 5.74) is 0.861. The number of anilines is 1. The first kappa shape index (κ1) is 20.3. The Bertz CT molecular complexity index is 842. The molecule has 0 unspecified atom stereocenters. The predicted molar refractivity (Wildman–Crippen MR) is 102 cm³/mol. The standard InChI is InChI=1S/C19H20N2O5S/c1-12(22)20-10-9-16-7-8-18(27-16)17(24)11-26-19(25)14-3-5-15(6-4-14)21-13(2)23/h3-8H,9-11H2,1-2H3,(H,20,22)(H,21,23). The highest BCUT2D eigenvalue weighted by Crippen LogP contribution is 2.18. The summed E-state index contributed by atoms with van der Waals surface area (Å²) >= 11 is 1.32. The Kier molecular flexibility index (Phi) is 7.25. The molecule has 1 aromatic heterocycles. The molecule has 2 rings (SSSR count). The number of nitrogens with one attached hydrogen (secondary N) is 2. The summed E-state index contributed by atoms with van der Waals surface area (Å²) in [5.74, 6) is -1.20. The maximum Gasteiger partial charge on any atom is 0.338 e. The summed E-state index contributed by atoms with van der Waals surface area (Å²) < 4.78 is 5.06. The lowest BCUT2D eigenvalue weighted by molar-refractivity contribution is -0.119. The van der Waals surface area contributed by atoms with E-state index in [0.29, 0.717) is 29.1 Å². The van der Waals surface area contributed by atoms with Crippen molar-refractivity contribution in [2.75, 3.05) is 18.5 Å². The van der Waals surface area contributed by atoms with Gasteiger partial charge in [0.25, 0.3) is 0 Å². The average Bonchev–Trinajstić information content (AvgIpc) is 3.08. The van der Waals surface area contributed by atoms with Crippen molar-refractivity contribution in [2.45, 2.75) is 20.3 Å². The highest BCUT2D eigenvalue weighted by atomic mass is 32.1. The minimum Gasteiger partial charge on any atom is -0.454 e. The van der Waals surface area contributed by atoms with E-state index >= 15 is 0 Å². The topological polar surface area (TPSA) is 102 Å². The molecule has 1 heterocycles. The number of amides is 2. The Balaban J connectivity index is 1.84. The van der Waals surface area contributed by atoms with Gasteiger partial charge in [-0.3, -0.25) is 14.4 Å². The number of carbonyl (C=O) groups is 4. The normalized spacial score (nSPS) is 10.1. The second kappa shape index (κ2) is 9.63. The van der Waals surface area contributed by atoms with Crippen LogP contribution in [0.5, 0.6) is 0 Å². The van der Waals surface area contributed by atoms with Gasteiger partial charge in [-0.1, -0.05) is 0 Å². The highest BCUT2D eigenvalue weighted by Gasteiger charge is 2.14. The van der Waals surface area contributed by atoms with Crippen molar-refractivity contribution in [3.63, 3.8) is 0 Å². The van der Waals surface area contributed by atoms with Gasteiger partial charge in [0.05, 0.1) is 10.4 Å². The van der Waals surface area contributed by atoms with E-state index in [9.17, 15) is 19.2 Å². The van der Waals surface area contributed by atoms with Gasteiger partial charge in [-0.25, -0.2) is 4.79 Å². The Morgan fingerprint density at radius 2 is 1.67 bits per heavy atom. The second-order valence-electron chi connectivity index (χ2n) is 5.76. The Morgan fingerprint density at radius 3 is 2.30 bits per heavy atom. The van der Waals surface area contributed by atoms with Crippen molar-refractivity contribution in [1.82, 2.24) is 5.32 Å².